The van der Waals surface area contributed by atoms with Crippen LogP contribution in [-0.2, 0) is 19.1 Å². The molecule has 0 aromatic carbocycles. The van der Waals surface area contributed by atoms with Crippen LogP contribution in [0.2, 0.25) is 0 Å². The molecule has 3 rings (SSSR count). The number of hydrogen-bond acceptors (Lipinski definition) is 5. The van der Waals surface area contributed by atoms with Crippen molar-refractivity contribution in [2.24, 2.45) is 17.3 Å². The van der Waals surface area contributed by atoms with E-state index in [9.17, 15) is 24.3 Å². The predicted molar refractivity (Wildman–Crippen MR) is 121 cm³/mol. The average Bonchev–Trinajstić information content (AvgIpc) is 3.11. The summed E-state index contributed by atoms with van der Waals surface area (Å²) in [5, 5.41) is 15.0. The fourth-order valence-corrected chi connectivity index (χ4v) is 5.25. The van der Waals surface area contributed by atoms with Crippen LogP contribution in [0.25, 0.3) is 0 Å². The molecule has 0 radical (unpaired) electrons. The topological polar surface area (TPSA) is 125 Å². The largest absolute Gasteiger partial charge is 0.480 e. The predicted octanol–water partition coefficient (Wildman–Crippen LogP) is 2.68. The molecular formula is C24H39N3O6. The molecule has 186 valence electrons. The van der Waals surface area contributed by atoms with Gasteiger partial charge in [0.05, 0.1) is 0 Å². The van der Waals surface area contributed by atoms with Gasteiger partial charge >= 0.3 is 12.1 Å². The van der Waals surface area contributed by atoms with Gasteiger partial charge in [-0.2, -0.15) is 0 Å². The van der Waals surface area contributed by atoms with Crippen LogP contribution in [0.4, 0.5) is 4.79 Å². The van der Waals surface area contributed by atoms with Crippen LogP contribution in [0.3, 0.4) is 0 Å². The van der Waals surface area contributed by atoms with E-state index < -0.39 is 41.0 Å². The Kier molecular flexibility index (Phi) is 7.29. The van der Waals surface area contributed by atoms with Gasteiger partial charge in [-0.15, -0.1) is 0 Å². The summed E-state index contributed by atoms with van der Waals surface area (Å²) in [5.41, 5.74) is -1.99. The number of carboxylic acids is 1. The third-order valence-electron chi connectivity index (χ3n) is 7.31. The summed E-state index contributed by atoms with van der Waals surface area (Å²) in [6.45, 7) is 9.29. The summed E-state index contributed by atoms with van der Waals surface area (Å²) in [6, 6.07) is -1.63. The zero-order valence-corrected chi connectivity index (χ0v) is 20.5. The molecule has 1 saturated heterocycles. The number of carboxylic acid groups (broad SMARTS) is 1. The highest BCUT2D eigenvalue weighted by Gasteiger charge is 2.48. The Hall–Kier alpha value is -2.32. The smallest absolute Gasteiger partial charge is 0.408 e. The van der Waals surface area contributed by atoms with Crippen LogP contribution in [0.1, 0.15) is 79.6 Å². The van der Waals surface area contributed by atoms with E-state index in [1.807, 2.05) is 27.7 Å². The fraction of sp³-hybridized carbons (Fsp3) is 0.833. The number of alkyl carbamates (subject to hydrolysis) is 1. The highest BCUT2D eigenvalue weighted by Crippen LogP contribution is 2.52. The molecule has 3 amide bonds. The number of fused-ring (bicyclic) bond motifs is 1. The van der Waals surface area contributed by atoms with E-state index in [4.69, 9.17) is 4.74 Å². The van der Waals surface area contributed by atoms with E-state index in [0.717, 1.165) is 12.8 Å². The van der Waals surface area contributed by atoms with Crippen molar-refractivity contribution in [2.45, 2.75) is 103 Å². The van der Waals surface area contributed by atoms with Crippen LogP contribution in [-0.4, -0.2) is 64.2 Å². The number of aliphatic carboxylic acids is 1. The number of likely N-dealkylation sites (tertiary alicyclic amines) is 1. The monoisotopic (exact) mass is 465 g/mol. The van der Waals surface area contributed by atoms with E-state index in [1.165, 1.54) is 18.2 Å². The second-order valence-corrected chi connectivity index (χ2v) is 11.3. The maximum atomic E-state index is 13.5. The molecule has 0 unspecified atom stereocenters. The van der Waals surface area contributed by atoms with Crippen molar-refractivity contribution in [3.63, 3.8) is 0 Å². The molecule has 3 N–H and O–H groups in total. The van der Waals surface area contributed by atoms with Gasteiger partial charge in [0.25, 0.3) is 0 Å². The van der Waals surface area contributed by atoms with Crippen molar-refractivity contribution < 1.29 is 29.0 Å². The summed E-state index contributed by atoms with van der Waals surface area (Å²) >= 11 is 0. The van der Waals surface area contributed by atoms with Crippen molar-refractivity contribution >= 4 is 23.9 Å². The van der Waals surface area contributed by atoms with Crippen molar-refractivity contribution in [3.05, 3.63) is 0 Å². The molecule has 0 spiro atoms. The van der Waals surface area contributed by atoms with Gasteiger partial charge in [0, 0.05) is 6.54 Å². The standard InChI is InChI=1S/C24H39N3O6/c1-6-9-24(5,21(30)31)26-19(28)17-8-7-10-27(17)20(29)18(23(2,3)4)25-22(32)33-16-12-14-11-15(14)13-16/h14-18H,6-13H2,1-5H3,(H,25,32)(H,26,28)(H,30,31)/t14-,15+,16+,17-,18+,24+/m0/s1. The molecule has 9 nitrogen and oxygen atoms in total. The Balaban J connectivity index is 1.67. The first kappa shape index (κ1) is 25.3. The van der Waals surface area contributed by atoms with Crippen LogP contribution < -0.4 is 10.6 Å². The van der Waals surface area contributed by atoms with Crippen LogP contribution in [0.5, 0.6) is 0 Å². The number of nitrogens with zero attached hydrogens (tertiary/aromatic N) is 1. The van der Waals surface area contributed by atoms with Gasteiger partial charge < -0.3 is 25.4 Å². The quantitative estimate of drug-likeness (QED) is 0.506. The minimum Gasteiger partial charge on any atom is -0.480 e. The maximum absolute atomic E-state index is 13.5. The van der Waals surface area contributed by atoms with Gasteiger partial charge in [-0.1, -0.05) is 34.1 Å². The summed E-state index contributed by atoms with van der Waals surface area (Å²) in [7, 11) is 0. The third kappa shape index (κ3) is 5.79. The summed E-state index contributed by atoms with van der Waals surface area (Å²) in [6.07, 6.45) is 4.27. The Bertz CT molecular complexity index is 784. The highest BCUT2D eigenvalue weighted by molar-refractivity contribution is 5.94. The maximum Gasteiger partial charge on any atom is 0.408 e. The number of amides is 3. The van der Waals surface area contributed by atoms with E-state index in [2.05, 4.69) is 10.6 Å². The molecular weight excluding hydrogens is 426 g/mol. The molecule has 9 heteroatoms. The van der Waals surface area contributed by atoms with Gasteiger partial charge in [-0.25, -0.2) is 9.59 Å². The number of nitrogens with one attached hydrogen (secondary N) is 2. The second-order valence-electron chi connectivity index (χ2n) is 11.3. The van der Waals surface area contributed by atoms with E-state index in [-0.39, 0.29) is 18.4 Å². The number of ether oxygens (including phenoxy) is 1. The lowest BCUT2D eigenvalue weighted by Gasteiger charge is -2.36. The van der Waals surface area contributed by atoms with E-state index >= 15 is 0 Å². The first-order valence-corrected chi connectivity index (χ1v) is 12.2. The van der Waals surface area contributed by atoms with Crippen LogP contribution in [0, 0.1) is 17.3 Å². The zero-order chi connectivity index (χ0) is 24.6. The molecule has 33 heavy (non-hydrogen) atoms. The van der Waals surface area contributed by atoms with Gasteiger partial charge in [-0.3, -0.25) is 9.59 Å². The molecule has 6 atom stereocenters. The van der Waals surface area contributed by atoms with Gasteiger partial charge in [0.2, 0.25) is 11.8 Å². The van der Waals surface area contributed by atoms with Crippen molar-refractivity contribution in [2.75, 3.05) is 6.54 Å². The minimum absolute atomic E-state index is 0.0953. The number of carbonyl (C=O) groups is 4. The minimum atomic E-state index is -1.39. The second kappa shape index (κ2) is 9.50. The Morgan fingerprint density at radius 2 is 1.73 bits per heavy atom. The lowest BCUT2D eigenvalue weighted by molar-refractivity contribution is -0.149. The van der Waals surface area contributed by atoms with Crippen LogP contribution >= 0.6 is 0 Å². The SMILES string of the molecule is CCC[C@@](C)(NC(=O)[C@@H]1CCCN1C(=O)[C@@H](NC(=O)O[C@@H]1C[C@@H]2C[C@@H]2C1)C(C)(C)C)C(=O)O. The highest BCUT2D eigenvalue weighted by atomic mass is 16.6. The first-order chi connectivity index (χ1) is 15.4. The molecule has 1 aliphatic heterocycles. The molecule has 0 bridgehead atoms. The molecule has 3 fully saturated rings. The van der Waals surface area contributed by atoms with Gasteiger partial charge in [0.15, 0.2) is 0 Å². The number of rotatable bonds is 8. The fourth-order valence-electron chi connectivity index (χ4n) is 5.25. The summed E-state index contributed by atoms with van der Waals surface area (Å²) in [5.74, 6) is -0.569. The normalized spacial score (nSPS) is 28.9. The lowest BCUT2D eigenvalue weighted by Crippen LogP contribution is -2.60. The molecule has 3 aliphatic rings. The average molecular weight is 466 g/mol. The van der Waals surface area contributed by atoms with Crippen molar-refractivity contribution in [3.8, 4) is 0 Å². The molecule has 2 aliphatic carbocycles. The Morgan fingerprint density at radius 1 is 1.09 bits per heavy atom. The Morgan fingerprint density at radius 3 is 2.27 bits per heavy atom. The zero-order valence-electron chi connectivity index (χ0n) is 20.5. The molecule has 1 heterocycles. The number of carbonyl (C=O) groups excluding carboxylic acids is 3. The molecule has 2 saturated carbocycles. The summed E-state index contributed by atoms with van der Waals surface area (Å²) < 4.78 is 5.58. The van der Waals surface area contributed by atoms with E-state index in [1.54, 1.807) is 0 Å². The van der Waals surface area contributed by atoms with Gasteiger partial charge in [0.1, 0.15) is 23.7 Å². The van der Waals surface area contributed by atoms with Crippen LogP contribution in [0.15, 0.2) is 0 Å². The Labute approximate surface area is 196 Å². The third-order valence-corrected chi connectivity index (χ3v) is 7.31. The summed E-state index contributed by atoms with van der Waals surface area (Å²) in [4.78, 5) is 52.4. The number of hydrogen-bond donors (Lipinski definition) is 3. The van der Waals surface area contributed by atoms with Crippen molar-refractivity contribution in [1.29, 1.82) is 0 Å². The lowest BCUT2D eigenvalue weighted by atomic mass is 9.85. The molecule has 0 aromatic rings. The first-order valence-electron chi connectivity index (χ1n) is 12.2. The molecule has 0 aromatic heterocycles. The van der Waals surface area contributed by atoms with E-state index in [0.29, 0.717) is 37.6 Å². The van der Waals surface area contributed by atoms with Gasteiger partial charge in [-0.05, 0) is 62.7 Å². The van der Waals surface area contributed by atoms with Crippen molar-refractivity contribution in [1.82, 2.24) is 15.5 Å².